The van der Waals surface area contributed by atoms with E-state index in [1.807, 2.05) is 20.9 Å². The van der Waals surface area contributed by atoms with Gasteiger partial charge in [0.15, 0.2) is 0 Å². The second-order valence-electron chi connectivity index (χ2n) is 6.17. The van der Waals surface area contributed by atoms with Crippen LogP contribution >= 0.6 is 0 Å². The maximum absolute atomic E-state index is 12.5. The number of fused-ring (bicyclic) bond motifs is 2. The molecule has 120 valence electrons. The van der Waals surface area contributed by atoms with Gasteiger partial charge in [-0.25, -0.2) is 0 Å². The van der Waals surface area contributed by atoms with Gasteiger partial charge in [-0.1, -0.05) is 0 Å². The lowest BCUT2D eigenvalue weighted by molar-refractivity contribution is -0.147. The van der Waals surface area contributed by atoms with Crippen LogP contribution < -0.4 is 5.32 Å². The molecule has 22 heavy (non-hydrogen) atoms. The molecule has 0 aromatic carbocycles. The van der Waals surface area contributed by atoms with Crippen molar-refractivity contribution in [2.75, 3.05) is 0 Å². The van der Waals surface area contributed by atoms with Crippen molar-refractivity contribution in [2.24, 2.45) is 18.9 Å². The predicted molar refractivity (Wildman–Crippen MR) is 77.0 cm³/mol. The van der Waals surface area contributed by atoms with Crippen LogP contribution in [0.3, 0.4) is 0 Å². The van der Waals surface area contributed by atoms with Crippen LogP contribution in [0.5, 0.6) is 0 Å². The van der Waals surface area contributed by atoms with Gasteiger partial charge in [0.1, 0.15) is 0 Å². The minimum Gasteiger partial charge on any atom is -0.481 e. The lowest BCUT2D eigenvalue weighted by Gasteiger charge is -2.23. The summed E-state index contributed by atoms with van der Waals surface area (Å²) >= 11 is 0. The second-order valence-corrected chi connectivity index (χ2v) is 6.17. The Labute approximate surface area is 128 Å². The Morgan fingerprint density at radius 2 is 1.95 bits per heavy atom. The number of aryl methyl sites for hydroxylation is 2. The number of ether oxygens (including phenoxy) is 1. The summed E-state index contributed by atoms with van der Waals surface area (Å²) < 4.78 is 7.40. The number of nitrogens with one attached hydrogen (secondary N) is 1. The van der Waals surface area contributed by atoms with Crippen molar-refractivity contribution in [2.45, 2.75) is 45.4 Å². The first-order valence-corrected chi connectivity index (χ1v) is 7.55. The minimum absolute atomic E-state index is 0.234. The molecular formula is C15H21N3O4. The molecule has 4 atom stereocenters. The van der Waals surface area contributed by atoms with Gasteiger partial charge >= 0.3 is 5.97 Å². The molecule has 1 aromatic heterocycles. The van der Waals surface area contributed by atoms with E-state index in [0.717, 1.165) is 29.8 Å². The number of carboxylic acid groups (broad SMARTS) is 1. The molecule has 7 nitrogen and oxygen atoms in total. The summed E-state index contributed by atoms with van der Waals surface area (Å²) in [5, 5.41) is 16.5. The highest BCUT2D eigenvalue weighted by molar-refractivity contribution is 5.86. The maximum atomic E-state index is 12.5. The highest BCUT2D eigenvalue weighted by Crippen LogP contribution is 2.43. The maximum Gasteiger partial charge on any atom is 0.310 e. The summed E-state index contributed by atoms with van der Waals surface area (Å²) in [6, 6.07) is 0. The van der Waals surface area contributed by atoms with Gasteiger partial charge in [0.2, 0.25) is 5.91 Å². The van der Waals surface area contributed by atoms with Gasteiger partial charge in [-0.15, -0.1) is 0 Å². The number of carbonyl (C=O) groups excluding carboxylic acids is 1. The Balaban J connectivity index is 1.70. The topological polar surface area (TPSA) is 93.5 Å². The Hall–Kier alpha value is -1.89. The zero-order chi connectivity index (χ0) is 16.0. The number of hydrogen-bond donors (Lipinski definition) is 2. The second kappa shape index (κ2) is 5.39. The third kappa shape index (κ3) is 2.29. The van der Waals surface area contributed by atoms with Crippen LogP contribution in [0.4, 0.5) is 0 Å². The molecule has 3 rings (SSSR count). The van der Waals surface area contributed by atoms with E-state index in [0.29, 0.717) is 6.54 Å². The number of nitrogens with zero attached hydrogens (tertiary/aromatic N) is 2. The van der Waals surface area contributed by atoms with E-state index in [2.05, 4.69) is 10.4 Å². The van der Waals surface area contributed by atoms with E-state index >= 15 is 0 Å². The monoisotopic (exact) mass is 307 g/mol. The highest BCUT2D eigenvalue weighted by Gasteiger charge is 2.55. The van der Waals surface area contributed by atoms with E-state index in [4.69, 9.17) is 4.74 Å². The number of aliphatic carboxylic acids is 1. The van der Waals surface area contributed by atoms with Crippen LogP contribution in [-0.4, -0.2) is 39.0 Å². The zero-order valence-electron chi connectivity index (χ0n) is 13.0. The first-order chi connectivity index (χ1) is 10.4. The Bertz CT molecular complexity index is 625. The van der Waals surface area contributed by atoms with Gasteiger partial charge in [0, 0.05) is 24.8 Å². The number of hydrogen-bond acceptors (Lipinski definition) is 4. The molecule has 1 aromatic rings. The number of rotatable bonds is 4. The molecule has 2 fully saturated rings. The van der Waals surface area contributed by atoms with E-state index < -0.39 is 17.8 Å². The largest absolute Gasteiger partial charge is 0.481 e. The van der Waals surface area contributed by atoms with Crippen LogP contribution in [0.1, 0.15) is 29.8 Å². The van der Waals surface area contributed by atoms with Crippen LogP contribution in [0.25, 0.3) is 0 Å². The molecule has 2 aliphatic heterocycles. The minimum atomic E-state index is -0.943. The first-order valence-electron chi connectivity index (χ1n) is 7.55. The van der Waals surface area contributed by atoms with Gasteiger partial charge in [-0.05, 0) is 26.7 Å². The fourth-order valence-electron chi connectivity index (χ4n) is 3.69. The molecule has 0 radical (unpaired) electrons. The molecule has 2 saturated heterocycles. The molecule has 7 heteroatoms. The summed E-state index contributed by atoms with van der Waals surface area (Å²) in [5.74, 6) is -2.49. The van der Waals surface area contributed by atoms with E-state index in [9.17, 15) is 14.7 Å². The SMILES string of the molecule is Cc1nn(C)c(C)c1CNC(=O)[C@@H]1[C@H](C(=O)O)[C@H]2CC[C@H]1O2. The van der Waals surface area contributed by atoms with Crippen molar-refractivity contribution in [1.82, 2.24) is 15.1 Å². The van der Waals surface area contributed by atoms with Gasteiger partial charge < -0.3 is 15.2 Å². The average Bonchev–Trinajstić information content (AvgIpc) is 3.12. The number of amides is 1. The molecule has 0 aliphatic carbocycles. The predicted octanol–water partition coefficient (Wildman–Crippen LogP) is 0.531. The Morgan fingerprint density at radius 1 is 1.32 bits per heavy atom. The standard InChI is InChI=1S/C15H21N3O4/c1-7-9(8(2)18(3)17-7)6-16-14(19)12-10-4-5-11(22-10)13(12)15(20)21/h10-13H,4-6H2,1-3H3,(H,16,19)(H,20,21)/t10-,11-,12+,13-/m1/s1. The van der Waals surface area contributed by atoms with Crippen molar-refractivity contribution in [3.63, 3.8) is 0 Å². The first kappa shape index (κ1) is 15.0. The fraction of sp³-hybridized carbons (Fsp3) is 0.667. The fourth-order valence-corrected chi connectivity index (χ4v) is 3.69. The quantitative estimate of drug-likeness (QED) is 0.846. The summed E-state index contributed by atoms with van der Waals surface area (Å²) in [5.41, 5.74) is 2.85. The van der Waals surface area contributed by atoms with Gasteiger partial charge in [0.05, 0.1) is 29.7 Å². The average molecular weight is 307 g/mol. The summed E-state index contributed by atoms with van der Waals surface area (Å²) in [4.78, 5) is 23.9. The molecule has 2 N–H and O–H groups in total. The normalized spacial score (nSPS) is 29.8. The van der Waals surface area contributed by atoms with Gasteiger partial charge in [0.25, 0.3) is 0 Å². The summed E-state index contributed by atoms with van der Waals surface area (Å²) in [7, 11) is 1.86. The molecule has 0 saturated carbocycles. The van der Waals surface area contributed by atoms with E-state index in [1.165, 1.54) is 0 Å². The van der Waals surface area contributed by atoms with Crippen molar-refractivity contribution in [3.05, 3.63) is 17.0 Å². The third-order valence-corrected chi connectivity index (χ3v) is 4.96. The summed E-state index contributed by atoms with van der Waals surface area (Å²) in [6.07, 6.45) is 0.909. The Kier molecular flexibility index (Phi) is 3.68. The third-order valence-electron chi connectivity index (χ3n) is 4.96. The number of carboxylic acids is 1. The van der Waals surface area contributed by atoms with Crippen LogP contribution in [-0.2, 0) is 27.9 Å². The Morgan fingerprint density at radius 3 is 2.50 bits per heavy atom. The number of carbonyl (C=O) groups is 2. The van der Waals surface area contributed by atoms with E-state index in [1.54, 1.807) is 4.68 Å². The highest BCUT2D eigenvalue weighted by atomic mass is 16.5. The van der Waals surface area contributed by atoms with Gasteiger partial charge in [-0.3, -0.25) is 14.3 Å². The van der Waals surface area contributed by atoms with E-state index in [-0.39, 0.29) is 18.1 Å². The number of aromatic nitrogens is 2. The van der Waals surface area contributed by atoms with Crippen LogP contribution in [0, 0.1) is 25.7 Å². The molecule has 3 heterocycles. The summed E-state index contributed by atoms with van der Waals surface area (Å²) in [6.45, 7) is 4.21. The van der Waals surface area contributed by atoms with Crippen LogP contribution in [0.2, 0.25) is 0 Å². The molecule has 0 spiro atoms. The molecule has 0 unspecified atom stereocenters. The lowest BCUT2D eigenvalue weighted by Crippen LogP contribution is -2.43. The zero-order valence-corrected chi connectivity index (χ0v) is 13.0. The van der Waals surface area contributed by atoms with Crippen molar-refractivity contribution in [3.8, 4) is 0 Å². The van der Waals surface area contributed by atoms with Gasteiger partial charge in [-0.2, -0.15) is 5.10 Å². The lowest BCUT2D eigenvalue weighted by atomic mass is 9.78. The van der Waals surface area contributed by atoms with Crippen molar-refractivity contribution in [1.29, 1.82) is 0 Å². The molecule has 2 aliphatic rings. The van der Waals surface area contributed by atoms with Crippen molar-refractivity contribution >= 4 is 11.9 Å². The molecular weight excluding hydrogens is 286 g/mol. The van der Waals surface area contributed by atoms with Crippen molar-refractivity contribution < 1.29 is 19.4 Å². The molecule has 1 amide bonds. The molecule has 2 bridgehead atoms. The van der Waals surface area contributed by atoms with Crippen LogP contribution in [0.15, 0.2) is 0 Å². The smallest absolute Gasteiger partial charge is 0.310 e.